The summed E-state index contributed by atoms with van der Waals surface area (Å²) in [5.74, 6) is 0.793. The summed E-state index contributed by atoms with van der Waals surface area (Å²) < 4.78 is 0. The summed E-state index contributed by atoms with van der Waals surface area (Å²) >= 11 is 0. The van der Waals surface area contributed by atoms with Crippen LogP contribution < -0.4 is 10.6 Å². The third-order valence-electron chi connectivity index (χ3n) is 3.28. The number of carbonyl (C=O) groups excluding carboxylic acids is 1. The van der Waals surface area contributed by atoms with Gasteiger partial charge in [0.15, 0.2) is 0 Å². The lowest BCUT2D eigenvalue weighted by Crippen LogP contribution is -2.42. The number of H-pyrrole nitrogens is 1. The molecule has 0 saturated carbocycles. The van der Waals surface area contributed by atoms with Gasteiger partial charge in [-0.25, -0.2) is 4.98 Å². The number of nitrogens with zero attached hydrogens (tertiary/aromatic N) is 2. The molecule has 1 unspecified atom stereocenters. The van der Waals surface area contributed by atoms with Crippen molar-refractivity contribution in [2.75, 3.05) is 13.1 Å². The van der Waals surface area contributed by atoms with Crippen molar-refractivity contribution < 1.29 is 4.79 Å². The number of carbonyl (C=O) groups is 1. The van der Waals surface area contributed by atoms with Crippen molar-refractivity contribution in [2.24, 2.45) is 5.41 Å². The third-order valence-corrected chi connectivity index (χ3v) is 3.28. The average molecular weight is 223 g/mol. The summed E-state index contributed by atoms with van der Waals surface area (Å²) in [4.78, 5) is 16.0. The quantitative estimate of drug-likeness (QED) is 0.660. The van der Waals surface area contributed by atoms with Crippen molar-refractivity contribution in [3.63, 3.8) is 0 Å². The Bertz CT molecular complexity index is 342. The van der Waals surface area contributed by atoms with E-state index in [0.717, 1.165) is 25.9 Å². The van der Waals surface area contributed by atoms with Crippen molar-refractivity contribution in [3.05, 3.63) is 12.2 Å². The molecule has 16 heavy (non-hydrogen) atoms. The maximum Gasteiger partial charge on any atom is 0.227 e. The summed E-state index contributed by atoms with van der Waals surface area (Å²) in [6.07, 6.45) is 3.21. The summed E-state index contributed by atoms with van der Waals surface area (Å²) in [5, 5.41) is 12.6. The summed E-state index contributed by atoms with van der Waals surface area (Å²) in [6, 6.07) is 0. The lowest BCUT2D eigenvalue weighted by molar-refractivity contribution is -0.130. The van der Waals surface area contributed by atoms with Crippen LogP contribution in [-0.4, -0.2) is 34.2 Å². The van der Waals surface area contributed by atoms with Gasteiger partial charge < -0.3 is 10.6 Å². The van der Waals surface area contributed by atoms with Crippen LogP contribution in [0, 0.1) is 5.41 Å². The van der Waals surface area contributed by atoms with Gasteiger partial charge in [-0.15, -0.1) is 0 Å². The molecule has 0 spiro atoms. The first-order valence-corrected chi connectivity index (χ1v) is 5.60. The van der Waals surface area contributed by atoms with Crippen LogP contribution in [0.2, 0.25) is 0 Å². The van der Waals surface area contributed by atoms with Gasteiger partial charge >= 0.3 is 0 Å². The fourth-order valence-corrected chi connectivity index (χ4v) is 2.07. The average Bonchev–Trinajstić information content (AvgIpc) is 2.97. The SMILES string of the molecule is CCC1(C(=O)NCc2ncn[nH]2)CCNC1. The minimum absolute atomic E-state index is 0.108. The monoisotopic (exact) mass is 223 g/mol. The van der Waals surface area contributed by atoms with Gasteiger partial charge in [-0.05, 0) is 19.4 Å². The lowest BCUT2D eigenvalue weighted by Gasteiger charge is -2.24. The molecular formula is C10H17N5O. The fourth-order valence-electron chi connectivity index (χ4n) is 2.07. The molecule has 6 nitrogen and oxygen atoms in total. The van der Waals surface area contributed by atoms with E-state index in [2.05, 4.69) is 32.7 Å². The Labute approximate surface area is 94.2 Å². The summed E-state index contributed by atoms with van der Waals surface area (Å²) in [7, 11) is 0. The number of hydrogen-bond acceptors (Lipinski definition) is 4. The van der Waals surface area contributed by atoms with Crippen LogP contribution in [0.1, 0.15) is 25.6 Å². The van der Waals surface area contributed by atoms with Gasteiger partial charge in [-0.3, -0.25) is 9.89 Å². The highest BCUT2D eigenvalue weighted by Crippen LogP contribution is 2.29. The van der Waals surface area contributed by atoms with Gasteiger partial charge in [0.25, 0.3) is 0 Å². The van der Waals surface area contributed by atoms with Crippen molar-refractivity contribution in [1.29, 1.82) is 0 Å². The normalized spacial score (nSPS) is 24.6. The van der Waals surface area contributed by atoms with Crippen LogP contribution in [0.4, 0.5) is 0 Å². The topological polar surface area (TPSA) is 82.7 Å². The molecule has 88 valence electrons. The molecule has 1 fully saturated rings. The molecule has 1 aromatic heterocycles. The maximum atomic E-state index is 12.1. The Balaban J connectivity index is 1.91. The Morgan fingerprint density at radius 1 is 1.69 bits per heavy atom. The lowest BCUT2D eigenvalue weighted by atomic mass is 9.83. The first-order valence-electron chi connectivity index (χ1n) is 5.60. The number of nitrogens with one attached hydrogen (secondary N) is 3. The molecule has 1 aliphatic rings. The highest BCUT2D eigenvalue weighted by atomic mass is 16.2. The Morgan fingerprint density at radius 2 is 2.56 bits per heavy atom. The Hall–Kier alpha value is -1.43. The number of aromatic nitrogens is 3. The number of hydrogen-bond donors (Lipinski definition) is 3. The van der Waals surface area contributed by atoms with Crippen LogP contribution in [0.15, 0.2) is 6.33 Å². The van der Waals surface area contributed by atoms with E-state index in [0.29, 0.717) is 12.4 Å². The second-order valence-corrected chi connectivity index (χ2v) is 4.18. The van der Waals surface area contributed by atoms with Crippen LogP contribution >= 0.6 is 0 Å². The maximum absolute atomic E-state index is 12.1. The molecule has 0 aliphatic carbocycles. The molecule has 1 saturated heterocycles. The van der Waals surface area contributed by atoms with Crippen molar-refractivity contribution in [1.82, 2.24) is 25.8 Å². The molecule has 0 bridgehead atoms. The van der Waals surface area contributed by atoms with E-state index < -0.39 is 0 Å². The standard InChI is InChI=1S/C10H17N5O/c1-2-10(3-4-11-6-10)9(16)12-5-8-13-7-14-15-8/h7,11H,2-6H2,1H3,(H,12,16)(H,13,14,15). The zero-order valence-electron chi connectivity index (χ0n) is 9.42. The van der Waals surface area contributed by atoms with E-state index in [-0.39, 0.29) is 11.3 Å². The van der Waals surface area contributed by atoms with Gasteiger partial charge in [0.2, 0.25) is 5.91 Å². The first-order chi connectivity index (χ1) is 7.77. The van der Waals surface area contributed by atoms with Crippen LogP contribution in [0.5, 0.6) is 0 Å². The zero-order valence-corrected chi connectivity index (χ0v) is 9.42. The van der Waals surface area contributed by atoms with E-state index in [1.165, 1.54) is 6.33 Å². The van der Waals surface area contributed by atoms with Crippen LogP contribution in [0.3, 0.4) is 0 Å². The Kier molecular flexibility index (Phi) is 3.19. The number of aromatic amines is 1. The van der Waals surface area contributed by atoms with E-state index in [1.807, 2.05) is 0 Å². The number of rotatable bonds is 4. The first kappa shape index (κ1) is 11.1. The van der Waals surface area contributed by atoms with Crippen molar-refractivity contribution in [2.45, 2.75) is 26.3 Å². The highest BCUT2D eigenvalue weighted by molar-refractivity contribution is 5.83. The molecule has 0 radical (unpaired) electrons. The minimum Gasteiger partial charge on any atom is -0.348 e. The zero-order chi connectivity index (χ0) is 11.4. The van der Waals surface area contributed by atoms with Gasteiger partial charge in [0, 0.05) is 6.54 Å². The number of amides is 1. The van der Waals surface area contributed by atoms with E-state index in [9.17, 15) is 4.79 Å². The van der Waals surface area contributed by atoms with E-state index >= 15 is 0 Å². The summed E-state index contributed by atoms with van der Waals surface area (Å²) in [6.45, 7) is 4.16. The molecule has 2 rings (SSSR count). The minimum atomic E-state index is -0.236. The molecule has 3 N–H and O–H groups in total. The van der Waals surface area contributed by atoms with Crippen LogP contribution in [0.25, 0.3) is 0 Å². The molecule has 0 aromatic carbocycles. The molecule has 1 atom stereocenters. The van der Waals surface area contributed by atoms with Gasteiger partial charge in [-0.1, -0.05) is 6.92 Å². The van der Waals surface area contributed by atoms with Gasteiger partial charge in [0.1, 0.15) is 12.2 Å². The van der Waals surface area contributed by atoms with Gasteiger partial charge in [-0.2, -0.15) is 5.10 Å². The molecule has 2 heterocycles. The van der Waals surface area contributed by atoms with Crippen molar-refractivity contribution in [3.8, 4) is 0 Å². The second-order valence-electron chi connectivity index (χ2n) is 4.18. The molecule has 1 aliphatic heterocycles. The van der Waals surface area contributed by atoms with Crippen LogP contribution in [-0.2, 0) is 11.3 Å². The molecular weight excluding hydrogens is 206 g/mol. The predicted molar refractivity (Wildman–Crippen MR) is 58.4 cm³/mol. The third kappa shape index (κ3) is 2.06. The summed E-state index contributed by atoms with van der Waals surface area (Å²) in [5.41, 5.74) is -0.236. The smallest absolute Gasteiger partial charge is 0.227 e. The second kappa shape index (κ2) is 4.61. The van der Waals surface area contributed by atoms with E-state index in [4.69, 9.17) is 0 Å². The predicted octanol–water partition coefficient (Wildman–Crippen LogP) is -0.189. The molecule has 1 amide bonds. The van der Waals surface area contributed by atoms with E-state index in [1.54, 1.807) is 0 Å². The Morgan fingerprint density at radius 3 is 3.12 bits per heavy atom. The largest absolute Gasteiger partial charge is 0.348 e. The van der Waals surface area contributed by atoms with Crippen molar-refractivity contribution >= 4 is 5.91 Å². The highest BCUT2D eigenvalue weighted by Gasteiger charge is 2.39. The van der Waals surface area contributed by atoms with Gasteiger partial charge in [0.05, 0.1) is 12.0 Å². The molecule has 1 aromatic rings. The fraction of sp³-hybridized carbons (Fsp3) is 0.700. The molecule has 6 heteroatoms.